The number of carbonyl (C=O) groups is 2. The lowest BCUT2D eigenvalue weighted by molar-refractivity contribution is -0.129. The number of sulfonamides is 1. The van der Waals surface area contributed by atoms with Crippen LogP contribution in [0.5, 0.6) is 0 Å². The molecule has 0 radical (unpaired) electrons. The third-order valence-electron chi connectivity index (χ3n) is 7.55. The van der Waals surface area contributed by atoms with Gasteiger partial charge >= 0.3 is 0 Å². The molecule has 3 heterocycles. The molecule has 2 amide bonds. The molecule has 0 aliphatic carbocycles. The van der Waals surface area contributed by atoms with Crippen LogP contribution < -0.4 is 5.32 Å². The molecule has 11 heteroatoms. The van der Waals surface area contributed by atoms with E-state index in [-0.39, 0.29) is 23.3 Å². The van der Waals surface area contributed by atoms with E-state index in [0.29, 0.717) is 36.6 Å². The van der Waals surface area contributed by atoms with Gasteiger partial charge < -0.3 is 10.2 Å². The Hall–Kier alpha value is -3.90. The first-order chi connectivity index (χ1) is 20.7. The van der Waals surface area contributed by atoms with Gasteiger partial charge in [0.1, 0.15) is 10.0 Å². The number of aromatic nitrogens is 1. The molecule has 0 saturated carbocycles. The second-order valence-electron chi connectivity index (χ2n) is 10.3. The minimum Gasteiger partial charge on any atom is -0.337 e. The first-order valence-corrected chi connectivity index (χ1v) is 17.0. The van der Waals surface area contributed by atoms with Crippen molar-refractivity contribution in [3.8, 4) is 10.6 Å². The second-order valence-corrected chi connectivity index (χ2v) is 14.4. The van der Waals surface area contributed by atoms with Crippen LogP contribution in [0.2, 0.25) is 0 Å². The number of hydrogen-bond acceptors (Lipinski definition) is 7. The summed E-state index contributed by atoms with van der Waals surface area (Å²) < 4.78 is 29.3. The number of rotatable bonds is 8. The Kier molecular flexibility index (Phi) is 8.15. The number of para-hydroxylation sites is 1. The quantitative estimate of drug-likeness (QED) is 0.214. The van der Waals surface area contributed by atoms with Crippen LogP contribution in [0.3, 0.4) is 0 Å². The number of nitrogens with one attached hydrogen (secondary N) is 1. The minimum atomic E-state index is -3.76. The number of benzene rings is 3. The zero-order chi connectivity index (χ0) is 30.1. The zero-order valence-electron chi connectivity index (χ0n) is 23.7. The number of thiophene rings is 1. The van der Waals surface area contributed by atoms with Crippen molar-refractivity contribution < 1.29 is 18.0 Å². The Labute approximate surface area is 258 Å². The van der Waals surface area contributed by atoms with E-state index in [0.717, 1.165) is 36.8 Å². The summed E-state index contributed by atoms with van der Waals surface area (Å²) >= 11 is 3.04. The average molecular weight is 631 g/mol. The van der Waals surface area contributed by atoms with Gasteiger partial charge in [-0.2, -0.15) is 4.31 Å². The largest absolute Gasteiger partial charge is 0.337 e. The highest BCUT2D eigenvalue weighted by molar-refractivity contribution is 7.89. The molecule has 0 fully saturated rings. The van der Waals surface area contributed by atoms with Gasteiger partial charge in [-0.25, -0.2) is 13.4 Å². The summed E-state index contributed by atoms with van der Waals surface area (Å²) in [5, 5.41) is 4.58. The van der Waals surface area contributed by atoms with Crippen molar-refractivity contribution >= 4 is 59.7 Å². The van der Waals surface area contributed by atoms with Gasteiger partial charge in [-0.3, -0.25) is 9.59 Å². The van der Waals surface area contributed by atoms with E-state index in [1.54, 1.807) is 30.4 Å². The Bertz CT molecular complexity index is 1880. The molecule has 1 aliphatic rings. The zero-order valence-corrected chi connectivity index (χ0v) is 26.2. The molecule has 0 atom stereocenters. The molecule has 1 N–H and O–H groups in total. The molecule has 0 bridgehead atoms. The molecule has 0 saturated heterocycles. The lowest BCUT2D eigenvalue weighted by Gasteiger charge is -2.26. The maximum absolute atomic E-state index is 13.5. The molecule has 220 valence electrons. The molecule has 0 spiro atoms. The highest BCUT2D eigenvalue weighted by Crippen LogP contribution is 2.45. The summed E-state index contributed by atoms with van der Waals surface area (Å²) in [5.74, 6) is -0.323. The number of amides is 2. The van der Waals surface area contributed by atoms with Gasteiger partial charge in [0.05, 0.1) is 21.7 Å². The van der Waals surface area contributed by atoms with E-state index in [1.165, 1.54) is 27.8 Å². The average Bonchev–Trinajstić information content (AvgIpc) is 3.60. The van der Waals surface area contributed by atoms with Crippen LogP contribution in [0.25, 0.3) is 20.8 Å². The third-order valence-corrected chi connectivity index (χ3v) is 11.7. The number of nitrogens with zero attached hydrogens (tertiary/aromatic N) is 3. The highest BCUT2D eigenvalue weighted by atomic mass is 32.2. The van der Waals surface area contributed by atoms with Crippen molar-refractivity contribution in [1.29, 1.82) is 0 Å². The van der Waals surface area contributed by atoms with E-state index in [9.17, 15) is 18.0 Å². The van der Waals surface area contributed by atoms with E-state index >= 15 is 0 Å². The second kappa shape index (κ2) is 12.0. The van der Waals surface area contributed by atoms with Gasteiger partial charge in [-0.05, 0) is 53.9 Å². The Morgan fingerprint density at radius 2 is 1.70 bits per heavy atom. The van der Waals surface area contributed by atoms with Gasteiger partial charge in [0, 0.05) is 42.6 Å². The van der Waals surface area contributed by atoms with Gasteiger partial charge in [0.15, 0.2) is 0 Å². The number of thiazole rings is 1. The summed E-state index contributed by atoms with van der Waals surface area (Å²) in [6, 6.07) is 23.4. The minimum absolute atomic E-state index is 0.0200. The van der Waals surface area contributed by atoms with E-state index < -0.39 is 10.0 Å². The Morgan fingerprint density at radius 3 is 2.40 bits per heavy atom. The van der Waals surface area contributed by atoms with Crippen LogP contribution in [0.15, 0.2) is 83.8 Å². The summed E-state index contributed by atoms with van der Waals surface area (Å²) in [5.41, 5.74) is 4.15. The van der Waals surface area contributed by atoms with Crippen molar-refractivity contribution in [3.05, 3.63) is 100 Å². The maximum atomic E-state index is 13.5. The van der Waals surface area contributed by atoms with Crippen molar-refractivity contribution in [3.63, 3.8) is 0 Å². The number of anilines is 1. The SMILES string of the molecule is CCN(Cc1ccccc1)S(=O)(=O)c1ccc(C(=O)Nc2sc3c(c2-c2nc4ccccc4s2)CCN(C(C)=O)C3)cc1. The molecule has 1 aliphatic heterocycles. The molecule has 2 aromatic heterocycles. The van der Waals surface area contributed by atoms with Gasteiger partial charge in [0.25, 0.3) is 5.91 Å². The van der Waals surface area contributed by atoms with Crippen molar-refractivity contribution in [1.82, 2.24) is 14.2 Å². The lowest BCUT2D eigenvalue weighted by atomic mass is 10.0. The van der Waals surface area contributed by atoms with E-state index in [4.69, 9.17) is 4.98 Å². The molecule has 43 heavy (non-hydrogen) atoms. The molecule has 3 aromatic carbocycles. The first-order valence-electron chi connectivity index (χ1n) is 14.0. The summed E-state index contributed by atoms with van der Waals surface area (Å²) in [4.78, 5) is 33.5. The smallest absolute Gasteiger partial charge is 0.256 e. The van der Waals surface area contributed by atoms with Crippen LogP contribution in [0.4, 0.5) is 5.00 Å². The van der Waals surface area contributed by atoms with Gasteiger partial charge in [-0.15, -0.1) is 22.7 Å². The Balaban J connectivity index is 1.28. The van der Waals surface area contributed by atoms with Crippen LogP contribution in [0, 0.1) is 0 Å². The number of hydrogen-bond donors (Lipinski definition) is 1. The standard InChI is InChI=1S/C32H30N4O4S3/c1-3-36(19-22-9-5-4-6-10-22)43(39,40)24-15-13-23(14-16-24)30(38)34-32-29(31-33-26-11-7-8-12-27(26)41-31)25-17-18-35(21(2)37)20-28(25)42-32/h4-16H,3,17-20H2,1-2H3,(H,34,38). The highest BCUT2D eigenvalue weighted by Gasteiger charge is 2.29. The fourth-order valence-corrected chi connectivity index (χ4v) is 9.03. The molecular formula is C32H30N4O4S3. The third kappa shape index (κ3) is 5.85. The van der Waals surface area contributed by atoms with Gasteiger partial charge in [0.2, 0.25) is 15.9 Å². The van der Waals surface area contributed by atoms with Crippen LogP contribution >= 0.6 is 22.7 Å². The first kappa shape index (κ1) is 29.2. The summed E-state index contributed by atoms with van der Waals surface area (Å²) in [6.45, 7) is 5.06. The van der Waals surface area contributed by atoms with Crippen molar-refractivity contribution in [2.24, 2.45) is 0 Å². The van der Waals surface area contributed by atoms with Gasteiger partial charge in [-0.1, -0.05) is 49.4 Å². The van der Waals surface area contributed by atoms with Crippen LogP contribution in [-0.2, 0) is 34.3 Å². The van der Waals surface area contributed by atoms with Crippen molar-refractivity contribution in [2.45, 2.75) is 38.3 Å². The Morgan fingerprint density at radius 1 is 0.977 bits per heavy atom. The monoisotopic (exact) mass is 630 g/mol. The fraction of sp³-hybridized carbons (Fsp3) is 0.219. The van der Waals surface area contributed by atoms with E-state index in [1.807, 2.05) is 66.4 Å². The van der Waals surface area contributed by atoms with Crippen LogP contribution in [-0.4, -0.2) is 47.5 Å². The predicted molar refractivity (Wildman–Crippen MR) is 172 cm³/mol. The summed E-state index contributed by atoms with van der Waals surface area (Å²) in [7, 11) is -3.76. The fourth-order valence-electron chi connectivity index (χ4n) is 5.22. The molecule has 6 rings (SSSR count). The summed E-state index contributed by atoms with van der Waals surface area (Å²) in [6.07, 6.45) is 0.677. The normalized spacial score (nSPS) is 13.3. The number of carbonyl (C=O) groups excluding carboxylic acids is 2. The molecule has 5 aromatic rings. The topological polar surface area (TPSA) is 99.7 Å². The van der Waals surface area contributed by atoms with Crippen molar-refractivity contribution in [2.75, 3.05) is 18.4 Å². The lowest BCUT2D eigenvalue weighted by Crippen LogP contribution is -2.33. The maximum Gasteiger partial charge on any atom is 0.256 e. The predicted octanol–water partition coefficient (Wildman–Crippen LogP) is 6.39. The van der Waals surface area contributed by atoms with E-state index in [2.05, 4.69) is 5.32 Å². The van der Waals surface area contributed by atoms with Crippen LogP contribution in [0.1, 0.15) is 40.2 Å². The molecule has 8 nitrogen and oxygen atoms in total. The molecular weight excluding hydrogens is 601 g/mol. The molecule has 0 unspecified atom stereocenters. The number of fused-ring (bicyclic) bond motifs is 2.